The Labute approximate surface area is 178 Å². The summed E-state index contributed by atoms with van der Waals surface area (Å²) in [5.41, 5.74) is 7.27. The second-order valence-corrected chi connectivity index (χ2v) is 7.16. The van der Waals surface area contributed by atoms with E-state index in [0.29, 0.717) is 33.2 Å². The third kappa shape index (κ3) is 3.41. The molecule has 0 saturated heterocycles. The van der Waals surface area contributed by atoms with E-state index in [0.717, 1.165) is 5.56 Å². The van der Waals surface area contributed by atoms with E-state index in [-0.39, 0.29) is 12.6 Å². The standard InChI is InChI=1S/C22H19ClFN3O3/c1-28-16-7-13(10-26-11-16)17-8-14(3-5-19(17)24)22(12-30-21(25)27-22)15-4-6-20(29-2)18(23)9-15/h3-11H,12H2,1-2H3,(H2,25,27). The van der Waals surface area contributed by atoms with Gasteiger partial charge in [-0.25, -0.2) is 9.38 Å². The van der Waals surface area contributed by atoms with Gasteiger partial charge in [0.2, 0.25) is 0 Å². The molecule has 0 fully saturated rings. The van der Waals surface area contributed by atoms with Crippen LogP contribution in [0.2, 0.25) is 5.02 Å². The normalized spacial score (nSPS) is 17.9. The molecule has 154 valence electrons. The minimum absolute atomic E-state index is 0.0517. The molecule has 2 heterocycles. The number of hydrogen-bond donors (Lipinski definition) is 1. The number of methoxy groups -OCH3 is 2. The summed E-state index contributed by atoms with van der Waals surface area (Å²) < 4.78 is 30.7. The number of amidine groups is 1. The number of hydrogen-bond acceptors (Lipinski definition) is 6. The van der Waals surface area contributed by atoms with Gasteiger partial charge >= 0.3 is 0 Å². The zero-order chi connectivity index (χ0) is 21.3. The molecular formula is C22H19ClFN3O3. The Balaban J connectivity index is 1.88. The number of halogens is 2. The first-order chi connectivity index (χ1) is 14.5. The minimum Gasteiger partial charge on any atom is -0.495 e. The van der Waals surface area contributed by atoms with Crippen molar-refractivity contribution in [2.24, 2.45) is 10.7 Å². The fraction of sp³-hybridized carbons (Fsp3) is 0.182. The van der Waals surface area contributed by atoms with Crippen LogP contribution in [-0.2, 0) is 10.3 Å². The van der Waals surface area contributed by atoms with Crippen LogP contribution in [0.5, 0.6) is 11.5 Å². The molecule has 0 radical (unpaired) electrons. The van der Waals surface area contributed by atoms with E-state index in [9.17, 15) is 4.39 Å². The van der Waals surface area contributed by atoms with E-state index >= 15 is 0 Å². The molecule has 1 aliphatic rings. The van der Waals surface area contributed by atoms with E-state index in [4.69, 9.17) is 31.5 Å². The minimum atomic E-state index is -0.977. The maximum Gasteiger partial charge on any atom is 0.283 e. The van der Waals surface area contributed by atoms with Crippen molar-refractivity contribution in [3.8, 4) is 22.6 Å². The van der Waals surface area contributed by atoms with Crippen molar-refractivity contribution in [1.82, 2.24) is 4.98 Å². The topological polar surface area (TPSA) is 79.0 Å². The molecule has 0 saturated carbocycles. The van der Waals surface area contributed by atoms with Gasteiger partial charge in [-0.2, -0.15) is 0 Å². The van der Waals surface area contributed by atoms with Gasteiger partial charge in [0.05, 0.1) is 25.4 Å². The highest BCUT2D eigenvalue weighted by Gasteiger charge is 2.41. The maximum absolute atomic E-state index is 14.7. The van der Waals surface area contributed by atoms with E-state index in [1.165, 1.54) is 13.2 Å². The van der Waals surface area contributed by atoms with Crippen molar-refractivity contribution in [2.75, 3.05) is 20.8 Å². The van der Waals surface area contributed by atoms with Crippen LogP contribution < -0.4 is 15.2 Å². The Hall–Kier alpha value is -3.32. The summed E-state index contributed by atoms with van der Waals surface area (Å²) in [5.74, 6) is 0.668. The second-order valence-electron chi connectivity index (χ2n) is 6.76. The Morgan fingerprint density at radius 3 is 2.50 bits per heavy atom. The number of nitrogens with zero attached hydrogens (tertiary/aromatic N) is 2. The molecule has 6 nitrogen and oxygen atoms in total. The first-order valence-corrected chi connectivity index (χ1v) is 9.46. The summed E-state index contributed by atoms with van der Waals surface area (Å²) in [6, 6.07) is 11.9. The lowest BCUT2D eigenvalue weighted by atomic mass is 9.83. The van der Waals surface area contributed by atoms with Gasteiger partial charge in [0.15, 0.2) is 5.54 Å². The summed E-state index contributed by atoms with van der Waals surface area (Å²) in [7, 11) is 3.07. The molecule has 8 heteroatoms. The first kappa shape index (κ1) is 20.0. The van der Waals surface area contributed by atoms with Crippen LogP contribution in [0.15, 0.2) is 59.9 Å². The quantitative estimate of drug-likeness (QED) is 0.661. The fourth-order valence-corrected chi connectivity index (χ4v) is 3.76. The lowest BCUT2D eigenvalue weighted by Gasteiger charge is -2.26. The third-order valence-electron chi connectivity index (χ3n) is 5.06. The summed E-state index contributed by atoms with van der Waals surface area (Å²) in [4.78, 5) is 8.69. The van der Waals surface area contributed by atoms with E-state index < -0.39 is 11.4 Å². The lowest BCUT2D eigenvalue weighted by molar-refractivity contribution is 0.278. The van der Waals surface area contributed by atoms with Crippen molar-refractivity contribution >= 4 is 17.6 Å². The van der Waals surface area contributed by atoms with Crippen LogP contribution in [-0.4, -0.2) is 31.8 Å². The SMILES string of the molecule is COc1cncc(-c2cc(C3(c4ccc(OC)c(Cl)c4)COC(N)=N3)ccc2F)c1. The molecule has 0 spiro atoms. The second kappa shape index (κ2) is 7.84. The molecule has 1 aromatic heterocycles. The first-order valence-electron chi connectivity index (χ1n) is 9.08. The van der Waals surface area contributed by atoms with E-state index in [1.807, 2.05) is 6.07 Å². The van der Waals surface area contributed by atoms with Crippen LogP contribution in [0.4, 0.5) is 4.39 Å². The molecule has 0 amide bonds. The van der Waals surface area contributed by atoms with Gasteiger partial charge in [0.25, 0.3) is 6.02 Å². The highest BCUT2D eigenvalue weighted by molar-refractivity contribution is 6.32. The predicted molar refractivity (Wildman–Crippen MR) is 113 cm³/mol. The Morgan fingerprint density at radius 2 is 1.83 bits per heavy atom. The van der Waals surface area contributed by atoms with Crippen LogP contribution in [0.25, 0.3) is 11.1 Å². The van der Waals surface area contributed by atoms with Gasteiger partial charge in [-0.05, 0) is 41.5 Å². The highest BCUT2D eigenvalue weighted by atomic mass is 35.5. The third-order valence-corrected chi connectivity index (χ3v) is 5.36. The van der Waals surface area contributed by atoms with Crippen molar-refractivity contribution < 1.29 is 18.6 Å². The molecule has 30 heavy (non-hydrogen) atoms. The van der Waals surface area contributed by atoms with Crippen molar-refractivity contribution in [1.29, 1.82) is 0 Å². The molecule has 2 N–H and O–H groups in total. The maximum atomic E-state index is 14.7. The van der Waals surface area contributed by atoms with Gasteiger partial charge in [0.1, 0.15) is 23.9 Å². The molecule has 1 aliphatic heterocycles. The molecule has 4 rings (SSSR count). The molecule has 2 aromatic carbocycles. The number of aliphatic imine (C=N–C) groups is 1. The number of pyridine rings is 1. The van der Waals surface area contributed by atoms with Crippen molar-refractivity contribution in [3.63, 3.8) is 0 Å². The molecule has 3 aromatic rings. The van der Waals surface area contributed by atoms with Gasteiger partial charge < -0.3 is 19.9 Å². The summed E-state index contributed by atoms with van der Waals surface area (Å²) in [6.45, 7) is 0.156. The summed E-state index contributed by atoms with van der Waals surface area (Å²) >= 11 is 6.35. The number of aromatic nitrogens is 1. The molecule has 0 aliphatic carbocycles. The molecule has 1 atom stereocenters. The van der Waals surface area contributed by atoms with Crippen LogP contribution in [0, 0.1) is 5.82 Å². The van der Waals surface area contributed by atoms with Crippen LogP contribution >= 0.6 is 11.6 Å². The average Bonchev–Trinajstić information content (AvgIpc) is 3.17. The zero-order valence-corrected chi connectivity index (χ0v) is 17.1. The van der Waals surface area contributed by atoms with Crippen molar-refractivity contribution in [3.05, 3.63) is 76.8 Å². The van der Waals surface area contributed by atoms with Gasteiger partial charge in [0, 0.05) is 17.3 Å². The largest absolute Gasteiger partial charge is 0.495 e. The lowest BCUT2D eigenvalue weighted by Crippen LogP contribution is -2.27. The number of benzene rings is 2. The van der Waals surface area contributed by atoms with Gasteiger partial charge in [-0.1, -0.05) is 23.7 Å². The van der Waals surface area contributed by atoms with Gasteiger partial charge in [-0.3, -0.25) is 4.98 Å². The van der Waals surface area contributed by atoms with Crippen molar-refractivity contribution in [2.45, 2.75) is 5.54 Å². The predicted octanol–water partition coefficient (Wildman–Crippen LogP) is 4.15. The number of nitrogens with two attached hydrogens (primary N) is 1. The number of rotatable bonds is 5. The van der Waals surface area contributed by atoms with E-state index in [2.05, 4.69) is 9.98 Å². The highest BCUT2D eigenvalue weighted by Crippen LogP contribution is 2.41. The smallest absolute Gasteiger partial charge is 0.283 e. The Bertz CT molecular complexity index is 1140. The number of ether oxygens (including phenoxy) is 3. The van der Waals surface area contributed by atoms with E-state index in [1.54, 1.807) is 49.8 Å². The molecule has 1 unspecified atom stereocenters. The summed E-state index contributed by atoms with van der Waals surface area (Å²) in [6.07, 6.45) is 3.13. The summed E-state index contributed by atoms with van der Waals surface area (Å²) in [5, 5.41) is 0.425. The fourth-order valence-electron chi connectivity index (χ4n) is 3.50. The zero-order valence-electron chi connectivity index (χ0n) is 16.4. The average molecular weight is 428 g/mol. The van der Waals surface area contributed by atoms with Crippen LogP contribution in [0.1, 0.15) is 11.1 Å². The molecule has 0 bridgehead atoms. The molecular weight excluding hydrogens is 409 g/mol. The monoisotopic (exact) mass is 427 g/mol. The van der Waals surface area contributed by atoms with Gasteiger partial charge in [-0.15, -0.1) is 0 Å². The van der Waals surface area contributed by atoms with Crippen LogP contribution in [0.3, 0.4) is 0 Å². The Morgan fingerprint density at radius 1 is 1.07 bits per heavy atom. The Kier molecular flexibility index (Phi) is 5.22.